The molecule has 2 rings (SSSR count). The summed E-state index contributed by atoms with van der Waals surface area (Å²) in [6.45, 7) is 0.361. The molecule has 108 valence electrons. The van der Waals surface area contributed by atoms with Crippen LogP contribution >= 0.6 is 12.4 Å². The van der Waals surface area contributed by atoms with Crippen molar-refractivity contribution in [1.29, 1.82) is 0 Å². The van der Waals surface area contributed by atoms with Gasteiger partial charge in [-0.2, -0.15) is 0 Å². The number of halogens is 2. The Kier molecular flexibility index (Phi) is 6.16. The molecule has 0 saturated heterocycles. The van der Waals surface area contributed by atoms with Gasteiger partial charge in [0.15, 0.2) is 0 Å². The summed E-state index contributed by atoms with van der Waals surface area (Å²) < 4.78 is 12.7. The van der Waals surface area contributed by atoms with E-state index >= 15 is 0 Å². The molecule has 0 spiro atoms. The van der Waals surface area contributed by atoms with Crippen molar-refractivity contribution in [3.63, 3.8) is 0 Å². The Bertz CT molecular complexity index is 390. The van der Waals surface area contributed by atoms with Crippen molar-refractivity contribution in [2.45, 2.75) is 31.2 Å². The maximum Gasteiger partial charge on any atom is 0.123 e. The average molecular weight is 292 g/mol. The molecule has 0 unspecified atom stereocenters. The number of aliphatic hydroxyl groups is 3. The molecule has 1 aromatic rings. The molecule has 0 aliphatic heterocycles. The van der Waals surface area contributed by atoms with E-state index in [1.54, 1.807) is 12.1 Å². The second kappa shape index (κ2) is 7.17. The molecule has 1 aliphatic rings. The van der Waals surface area contributed by atoms with Crippen LogP contribution in [0.4, 0.5) is 4.39 Å². The van der Waals surface area contributed by atoms with Crippen LogP contribution in [0.2, 0.25) is 0 Å². The maximum absolute atomic E-state index is 12.7. The standard InChI is InChI=1S/C13H18FNO3.ClH/c14-10-3-1-8(2-4-10)6-15-11-5-9(7-16)12(17)13(11)18;/h1-4,9,11-13,15-18H,5-7H2;1H/t9-,11-,12-,13+;/m1./s1. The van der Waals surface area contributed by atoms with Gasteiger partial charge in [-0.25, -0.2) is 4.39 Å². The normalized spacial score (nSPS) is 30.1. The molecule has 0 bridgehead atoms. The van der Waals surface area contributed by atoms with Gasteiger partial charge in [0.1, 0.15) is 5.82 Å². The van der Waals surface area contributed by atoms with E-state index in [9.17, 15) is 14.6 Å². The number of benzene rings is 1. The minimum atomic E-state index is -0.888. The van der Waals surface area contributed by atoms with E-state index in [1.165, 1.54) is 12.1 Å². The lowest BCUT2D eigenvalue weighted by atomic mass is 10.1. The second-order valence-corrected chi connectivity index (χ2v) is 4.77. The molecule has 4 nitrogen and oxygen atoms in total. The fourth-order valence-electron chi connectivity index (χ4n) is 2.36. The number of rotatable bonds is 4. The van der Waals surface area contributed by atoms with Crippen molar-refractivity contribution in [3.8, 4) is 0 Å². The van der Waals surface area contributed by atoms with Gasteiger partial charge in [-0.3, -0.25) is 0 Å². The Labute approximate surface area is 117 Å². The molecule has 1 saturated carbocycles. The summed E-state index contributed by atoms with van der Waals surface area (Å²) in [4.78, 5) is 0. The highest BCUT2D eigenvalue weighted by molar-refractivity contribution is 5.85. The number of nitrogens with one attached hydrogen (secondary N) is 1. The fourth-order valence-corrected chi connectivity index (χ4v) is 2.36. The van der Waals surface area contributed by atoms with Gasteiger partial charge in [0, 0.05) is 25.1 Å². The zero-order chi connectivity index (χ0) is 13.1. The van der Waals surface area contributed by atoms with Crippen LogP contribution in [-0.4, -0.2) is 40.2 Å². The first-order valence-corrected chi connectivity index (χ1v) is 6.06. The van der Waals surface area contributed by atoms with E-state index < -0.39 is 12.2 Å². The Morgan fingerprint density at radius 1 is 1.16 bits per heavy atom. The minimum absolute atomic E-state index is 0. The summed E-state index contributed by atoms with van der Waals surface area (Å²) >= 11 is 0. The highest BCUT2D eigenvalue weighted by Gasteiger charge is 2.40. The third-order valence-electron chi connectivity index (χ3n) is 3.52. The predicted octanol–water partition coefficient (Wildman–Crippen LogP) is 0.440. The highest BCUT2D eigenvalue weighted by Crippen LogP contribution is 2.26. The SMILES string of the molecule is Cl.OC[C@H]1C[C@@H](NCc2ccc(F)cc2)[C@H](O)[C@@H]1O. The van der Waals surface area contributed by atoms with Gasteiger partial charge in [0.25, 0.3) is 0 Å². The lowest BCUT2D eigenvalue weighted by Gasteiger charge is -2.18. The fraction of sp³-hybridized carbons (Fsp3) is 0.538. The first kappa shape index (κ1) is 16.3. The van der Waals surface area contributed by atoms with Crippen LogP contribution in [0.5, 0.6) is 0 Å². The largest absolute Gasteiger partial charge is 0.396 e. The smallest absolute Gasteiger partial charge is 0.123 e. The van der Waals surface area contributed by atoms with Gasteiger partial charge in [-0.1, -0.05) is 12.1 Å². The Balaban J connectivity index is 0.00000180. The average Bonchev–Trinajstić information content (AvgIpc) is 2.65. The molecule has 4 N–H and O–H groups in total. The lowest BCUT2D eigenvalue weighted by Crippen LogP contribution is -2.39. The summed E-state index contributed by atoms with van der Waals surface area (Å²) in [5.41, 5.74) is 0.908. The lowest BCUT2D eigenvalue weighted by molar-refractivity contribution is -0.000337. The molecule has 1 aromatic carbocycles. The van der Waals surface area contributed by atoms with Crippen molar-refractivity contribution in [1.82, 2.24) is 5.32 Å². The van der Waals surface area contributed by atoms with Crippen LogP contribution in [0.15, 0.2) is 24.3 Å². The van der Waals surface area contributed by atoms with E-state index in [0.29, 0.717) is 13.0 Å². The summed E-state index contributed by atoms with van der Waals surface area (Å²) in [6, 6.07) is 5.86. The first-order chi connectivity index (χ1) is 8.61. The second-order valence-electron chi connectivity index (χ2n) is 4.77. The molecule has 6 heteroatoms. The van der Waals surface area contributed by atoms with Crippen LogP contribution in [0.3, 0.4) is 0 Å². The van der Waals surface area contributed by atoms with Gasteiger partial charge < -0.3 is 20.6 Å². The van der Waals surface area contributed by atoms with Crippen molar-refractivity contribution >= 4 is 12.4 Å². The topological polar surface area (TPSA) is 72.7 Å². The zero-order valence-electron chi connectivity index (χ0n) is 10.4. The summed E-state index contributed by atoms with van der Waals surface area (Å²) in [7, 11) is 0. The highest BCUT2D eigenvalue weighted by atomic mass is 35.5. The van der Waals surface area contributed by atoms with Crippen molar-refractivity contribution in [3.05, 3.63) is 35.6 Å². The third kappa shape index (κ3) is 3.87. The van der Waals surface area contributed by atoms with Gasteiger partial charge in [-0.05, 0) is 24.1 Å². The molecule has 0 radical (unpaired) electrons. The van der Waals surface area contributed by atoms with E-state index in [-0.39, 0.29) is 36.8 Å². The van der Waals surface area contributed by atoms with Crippen LogP contribution in [0.1, 0.15) is 12.0 Å². The van der Waals surface area contributed by atoms with E-state index in [1.807, 2.05) is 0 Å². The molecule has 0 aromatic heterocycles. The van der Waals surface area contributed by atoms with Crippen molar-refractivity contribution in [2.24, 2.45) is 5.92 Å². The van der Waals surface area contributed by atoms with Gasteiger partial charge in [0.05, 0.1) is 12.2 Å². The number of aliphatic hydroxyl groups excluding tert-OH is 3. The molecule has 1 fully saturated rings. The van der Waals surface area contributed by atoms with Crippen molar-refractivity contribution in [2.75, 3.05) is 6.61 Å². The van der Waals surface area contributed by atoms with E-state index in [2.05, 4.69) is 5.32 Å². The Hall–Kier alpha value is -0.720. The summed E-state index contributed by atoms with van der Waals surface area (Å²) in [5.74, 6) is -0.568. The molecule has 4 atom stereocenters. The van der Waals surface area contributed by atoms with E-state index in [4.69, 9.17) is 5.11 Å². The summed E-state index contributed by atoms with van der Waals surface area (Å²) in [5, 5.41) is 31.6. The first-order valence-electron chi connectivity index (χ1n) is 6.06. The van der Waals surface area contributed by atoms with Gasteiger partial charge in [0.2, 0.25) is 0 Å². The van der Waals surface area contributed by atoms with Crippen LogP contribution in [-0.2, 0) is 6.54 Å². The quantitative estimate of drug-likeness (QED) is 0.650. The molecular weight excluding hydrogens is 273 g/mol. The number of hydrogen-bond donors (Lipinski definition) is 4. The monoisotopic (exact) mass is 291 g/mol. The minimum Gasteiger partial charge on any atom is -0.396 e. The zero-order valence-corrected chi connectivity index (χ0v) is 11.2. The molecule has 0 amide bonds. The predicted molar refractivity (Wildman–Crippen MR) is 71.5 cm³/mol. The maximum atomic E-state index is 12.7. The van der Waals surface area contributed by atoms with Crippen LogP contribution in [0, 0.1) is 11.7 Å². The van der Waals surface area contributed by atoms with Crippen LogP contribution < -0.4 is 5.32 Å². The summed E-state index contributed by atoms with van der Waals surface area (Å²) in [6.07, 6.45) is -1.23. The van der Waals surface area contributed by atoms with Crippen LogP contribution in [0.25, 0.3) is 0 Å². The Morgan fingerprint density at radius 3 is 2.32 bits per heavy atom. The molecule has 19 heavy (non-hydrogen) atoms. The molecule has 0 heterocycles. The van der Waals surface area contributed by atoms with E-state index in [0.717, 1.165) is 5.56 Å². The third-order valence-corrected chi connectivity index (χ3v) is 3.52. The molecular formula is C13H19ClFNO3. The van der Waals surface area contributed by atoms with Gasteiger partial charge in [-0.15, -0.1) is 12.4 Å². The number of hydrogen-bond acceptors (Lipinski definition) is 4. The van der Waals surface area contributed by atoms with Gasteiger partial charge >= 0.3 is 0 Å². The Morgan fingerprint density at radius 2 is 1.79 bits per heavy atom. The molecule has 1 aliphatic carbocycles. The van der Waals surface area contributed by atoms with Crippen molar-refractivity contribution < 1.29 is 19.7 Å².